The van der Waals surface area contributed by atoms with Gasteiger partial charge in [-0.2, -0.15) is 0 Å². The quantitative estimate of drug-likeness (QED) is 0.643. The number of carbonyl (C=O) groups is 1. The first-order valence-electron chi connectivity index (χ1n) is 4.00. The molecule has 2 N–H and O–H groups in total. The van der Waals surface area contributed by atoms with Crippen molar-refractivity contribution in [1.82, 2.24) is 9.97 Å². The molecule has 6 heteroatoms. The van der Waals surface area contributed by atoms with E-state index in [4.69, 9.17) is 0 Å². The fraction of sp³-hybridized carbons (Fsp3) is 0.375. The van der Waals surface area contributed by atoms with Crippen molar-refractivity contribution in [2.24, 2.45) is 0 Å². The van der Waals surface area contributed by atoms with Crippen LogP contribution in [0.3, 0.4) is 0 Å². The van der Waals surface area contributed by atoms with E-state index in [9.17, 15) is 14.7 Å². The number of nitrogens with zero attached hydrogens (tertiary/aromatic N) is 1. The van der Waals surface area contributed by atoms with Gasteiger partial charge in [0.05, 0.1) is 18.5 Å². The van der Waals surface area contributed by atoms with Gasteiger partial charge in [0.25, 0.3) is 5.56 Å². The summed E-state index contributed by atoms with van der Waals surface area (Å²) in [5.41, 5.74) is -0.307. The molecule has 0 bridgehead atoms. The zero-order valence-electron chi connectivity index (χ0n) is 7.61. The predicted molar refractivity (Wildman–Crippen MR) is 46.9 cm³/mol. The van der Waals surface area contributed by atoms with E-state index in [2.05, 4.69) is 14.7 Å². The molecule has 0 radical (unpaired) electrons. The zero-order chi connectivity index (χ0) is 10.6. The Kier molecular flexibility index (Phi) is 3.22. The van der Waals surface area contributed by atoms with Crippen molar-refractivity contribution in [2.45, 2.75) is 13.3 Å². The second kappa shape index (κ2) is 4.40. The summed E-state index contributed by atoms with van der Waals surface area (Å²) < 4.78 is 4.63. The number of ether oxygens (including phenoxy) is 1. The average molecular weight is 198 g/mol. The lowest BCUT2D eigenvalue weighted by Gasteiger charge is -2.02. The fourth-order valence-electron chi connectivity index (χ4n) is 0.941. The Hall–Kier alpha value is -1.85. The van der Waals surface area contributed by atoms with Crippen LogP contribution in [0.25, 0.3) is 0 Å². The van der Waals surface area contributed by atoms with Crippen LogP contribution in [0, 0.1) is 0 Å². The molecular formula is C8H10N2O4. The van der Waals surface area contributed by atoms with Crippen LogP contribution >= 0.6 is 0 Å². The lowest BCUT2D eigenvalue weighted by molar-refractivity contribution is -0.140. The van der Waals surface area contributed by atoms with Gasteiger partial charge < -0.3 is 14.8 Å². The van der Waals surface area contributed by atoms with Gasteiger partial charge in [-0.05, 0) is 0 Å². The lowest BCUT2D eigenvalue weighted by atomic mass is 10.2. The Morgan fingerprint density at radius 1 is 1.71 bits per heavy atom. The number of H-pyrrole nitrogens is 1. The van der Waals surface area contributed by atoms with Crippen molar-refractivity contribution in [3.63, 3.8) is 0 Å². The SMILES string of the molecule is CC(=O)OCCc1c(O)nc[nH]c1=O. The summed E-state index contributed by atoms with van der Waals surface area (Å²) in [6.45, 7) is 1.32. The van der Waals surface area contributed by atoms with Crippen LogP contribution in [0.5, 0.6) is 5.88 Å². The van der Waals surface area contributed by atoms with E-state index < -0.39 is 11.5 Å². The number of carbonyl (C=O) groups excluding carboxylic acids is 1. The first kappa shape index (κ1) is 10.2. The molecule has 1 aromatic rings. The van der Waals surface area contributed by atoms with Crippen LogP contribution in [0.15, 0.2) is 11.1 Å². The van der Waals surface area contributed by atoms with Gasteiger partial charge in [0, 0.05) is 13.3 Å². The minimum Gasteiger partial charge on any atom is -0.493 e. The van der Waals surface area contributed by atoms with Crippen LogP contribution in [0.4, 0.5) is 0 Å². The molecule has 0 aromatic carbocycles. The minimum atomic E-state index is -0.426. The smallest absolute Gasteiger partial charge is 0.302 e. The highest BCUT2D eigenvalue weighted by Crippen LogP contribution is 2.06. The van der Waals surface area contributed by atoms with Gasteiger partial charge in [-0.3, -0.25) is 9.59 Å². The highest BCUT2D eigenvalue weighted by molar-refractivity contribution is 5.65. The minimum absolute atomic E-state index is 0.0532. The molecular weight excluding hydrogens is 188 g/mol. The molecule has 6 nitrogen and oxygen atoms in total. The predicted octanol–water partition coefficient (Wildman–Crippen LogP) is -0.419. The van der Waals surface area contributed by atoms with Gasteiger partial charge in [-0.15, -0.1) is 0 Å². The average Bonchev–Trinajstić information content (AvgIpc) is 2.09. The second-order valence-corrected chi connectivity index (χ2v) is 2.62. The molecule has 0 amide bonds. The van der Waals surface area contributed by atoms with E-state index >= 15 is 0 Å². The van der Waals surface area contributed by atoms with E-state index in [1.165, 1.54) is 6.92 Å². The van der Waals surface area contributed by atoms with E-state index in [0.717, 1.165) is 6.33 Å². The highest BCUT2D eigenvalue weighted by atomic mass is 16.5. The number of hydrogen-bond acceptors (Lipinski definition) is 5. The lowest BCUT2D eigenvalue weighted by Crippen LogP contribution is -2.15. The third-order valence-electron chi connectivity index (χ3n) is 1.58. The zero-order valence-corrected chi connectivity index (χ0v) is 7.61. The van der Waals surface area contributed by atoms with Crippen LogP contribution < -0.4 is 5.56 Å². The van der Waals surface area contributed by atoms with Crippen LogP contribution in [0.1, 0.15) is 12.5 Å². The molecule has 0 fully saturated rings. The number of aromatic nitrogens is 2. The van der Waals surface area contributed by atoms with Crippen molar-refractivity contribution < 1.29 is 14.6 Å². The van der Waals surface area contributed by atoms with Gasteiger partial charge in [0.2, 0.25) is 5.88 Å². The highest BCUT2D eigenvalue weighted by Gasteiger charge is 2.07. The summed E-state index contributed by atoms with van der Waals surface area (Å²) in [6.07, 6.45) is 1.25. The number of aromatic amines is 1. The number of rotatable bonds is 3. The van der Waals surface area contributed by atoms with E-state index in [0.29, 0.717) is 0 Å². The molecule has 0 aliphatic rings. The molecule has 0 spiro atoms. The van der Waals surface area contributed by atoms with Crippen LogP contribution in [0.2, 0.25) is 0 Å². The number of esters is 1. The third kappa shape index (κ3) is 2.58. The molecule has 1 aromatic heterocycles. The molecule has 1 heterocycles. The Bertz CT molecular complexity index is 385. The van der Waals surface area contributed by atoms with Gasteiger partial charge in [0.1, 0.15) is 0 Å². The maximum atomic E-state index is 11.1. The van der Waals surface area contributed by atoms with Crippen molar-refractivity contribution in [3.05, 3.63) is 22.2 Å². The first-order chi connectivity index (χ1) is 6.61. The molecule has 0 atom stereocenters. The van der Waals surface area contributed by atoms with Crippen molar-refractivity contribution in [2.75, 3.05) is 6.61 Å². The van der Waals surface area contributed by atoms with Gasteiger partial charge in [-0.1, -0.05) is 0 Å². The second-order valence-electron chi connectivity index (χ2n) is 2.62. The maximum absolute atomic E-state index is 11.1. The van der Waals surface area contributed by atoms with Gasteiger partial charge >= 0.3 is 5.97 Å². The van der Waals surface area contributed by atoms with Crippen molar-refractivity contribution in [3.8, 4) is 5.88 Å². The fourth-order valence-corrected chi connectivity index (χ4v) is 0.941. The topological polar surface area (TPSA) is 92.3 Å². The normalized spacial score (nSPS) is 9.79. The molecule has 0 aliphatic carbocycles. The van der Waals surface area contributed by atoms with E-state index in [-0.39, 0.29) is 24.5 Å². The molecule has 14 heavy (non-hydrogen) atoms. The van der Waals surface area contributed by atoms with Gasteiger partial charge in [-0.25, -0.2) is 4.98 Å². The van der Waals surface area contributed by atoms with Crippen molar-refractivity contribution in [1.29, 1.82) is 0 Å². The Morgan fingerprint density at radius 2 is 2.43 bits per heavy atom. The third-order valence-corrected chi connectivity index (χ3v) is 1.58. The summed E-state index contributed by atoms with van der Waals surface area (Å²) in [4.78, 5) is 27.3. The first-order valence-corrected chi connectivity index (χ1v) is 4.00. The molecule has 0 unspecified atom stereocenters. The van der Waals surface area contributed by atoms with Gasteiger partial charge in [0.15, 0.2) is 0 Å². The summed E-state index contributed by atoms with van der Waals surface area (Å²) >= 11 is 0. The maximum Gasteiger partial charge on any atom is 0.302 e. The number of aromatic hydroxyl groups is 1. The summed E-state index contributed by atoms with van der Waals surface area (Å²) in [7, 11) is 0. The molecule has 0 saturated heterocycles. The number of hydrogen-bond donors (Lipinski definition) is 2. The molecule has 76 valence electrons. The summed E-state index contributed by atoms with van der Waals surface area (Å²) in [5, 5.41) is 9.18. The molecule has 0 saturated carbocycles. The Balaban J connectivity index is 2.67. The summed E-state index contributed by atoms with van der Waals surface area (Å²) in [5.74, 6) is -0.759. The monoisotopic (exact) mass is 198 g/mol. The number of nitrogens with one attached hydrogen (secondary N) is 1. The van der Waals surface area contributed by atoms with E-state index in [1.807, 2.05) is 0 Å². The van der Waals surface area contributed by atoms with Crippen LogP contribution in [-0.4, -0.2) is 27.7 Å². The molecule has 1 rings (SSSR count). The largest absolute Gasteiger partial charge is 0.493 e. The van der Waals surface area contributed by atoms with E-state index in [1.54, 1.807) is 0 Å². The Morgan fingerprint density at radius 3 is 3.00 bits per heavy atom. The molecule has 0 aliphatic heterocycles. The van der Waals surface area contributed by atoms with Crippen molar-refractivity contribution >= 4 is 5.97 Å². The summed E-state index contributed by atoms with van der Waals surface area (Å²) in [6, 6.07) is 0. The Labute approximate surface area is 79.6 Å². The standard InChI is InChI=1S/C8H10N2O4/c1-5(11)14-3-2-6-7(12)9-4-10-8(6)13/h4H,2-3H2,1H3,(H2,9,10,12,13). The van der Waals surface area contributed by atoms with Crippen LogP contribution in [-0.2, 0) is 16.0 Å².